The highest BCUT2D eigenvalue weighted by Crippen LogP contribution is 2.35. The van der Waals surface area contributed by atoms with Crippen molar-refractivity contribution >= 4 is 34.6 Å². The molecule has 1 N–H and O–H groups in total. The van der Waals surface area contributed by atoms with E-state index in [1.54, 1.807) is 54.7 Å². The van der Waals surface area contributed by atoms with Crippen molar-refractivity contribution in [3.8, 4) is 0 Å². The summed E-state index contributed by atoms with van der Waals surface area (Å²) in [7, 11) is 3.43. The Balaban J connectivity index is 1.47. The second-order valence-corrected chi connectivity index (χ2v) is 8.54. The van der Waals surface area contributed by atoms with Crippen molar-refractivity contribution in [3.05, 3.63) is 75.9 Å². The van der Waals surface area contributed by atoms with Crippen LogP contribution in [-0.2, 0) is 4.79 Å². The van der Waals surface area contributed by atoms with E-state index in [9.17, 15) is 9.59 Å². The summed E-state index contributed by atoms with van der Waals surface area (Å²) in [4.78, 5) is 27.7. The quantitative estimate of drug-likeness (QED) is 0.630. The van der Waals surface area contributed by atoms with Gasteiger partial charge in [0.05, 0.1) is 12.6 Å². The molecule has 3 aromatic rings. The topological polar surface area (TPSA) is 78.2 Å². The number of hydrazone groups is 1. The van der Waals surface area contributed by atoms with Gasteiger partial charge in [0.2, 0.25) is 0 Å². The number of furan rings is 1. The summed E-state index contributed by atoms with van der Waals surface area (Å²) in [5.74, 6) is 1.31. The van der Waals surface area contributed by atoms with Crippen LogP contribution in [0.5, 0.6) is 0 Å². The summed E-state index contributed by atoms with van der Waals surface area (Å²) in [6, 6.07) is 14.7. The number of carbonyl (C=O) groups excluding carboxylic acids is 2. The van der Waals surface area contributed by atoms with Gasteiger partial charge in [-0.15, -0.1) is 11.3 Å². The molecule has 3 heterocycles. The van der Waals surface area contributed by atoms with E-state index in [2.05, 4.69) is 10.4 Å². The van der Waals surface area contributed by atoms with Crippen LogP contribution in [0.15, 0.2) is 63.4 Å². The van der Waals surface area contributed by atoms with Gasteiger partial charge in [0.1, 0.15) is 17.2 Å². The normalized spacial score (nSPS) is 15.6. The van der Waals surface area contributed by atoms with Crippen LogP contribution in [-0.4, -0.2) is 48.1 Å². The lowest BCUT2D eigenvalue weighted by Crippen LogP contribution is -2.32. The van der Waals surface area contributed by atoms with E-state index >= 15 is 0 Å². The summed E-state index contributed by atoms with van der Waals surface area (Å²) in [6.07, 6.45) is 0.612. The first kappa shape index (κ1) is 20.9. The molecule has 1 aliphatic heterocycles. The van der Waals surface area contributed by atoms with Crippen molar-refractivity contribution in [2.45, 2.75) is 19.4 Å². The van der Waals surface area contributed by atoms with Gasteiger partial charge in [-0.3, -0.25) is 9.59 Å². The molecule has 0 saturated carbocycles. The van der Waals surface area contributed by atoms with Gasteiger partial charge in [-0.05, 0) is 54.8 Å². The fourth-order valence-corrected chi connectivity index (χ4v) is 4.24. The number of nitrogens with one attached hydrogen (secondary N) is 1. The number of hydrogen-bond donors (Lipinski definition) is 1. The number of benzene rings is 1. The Hall–Kier alpha value is -3.39. The van der Waals surface area contributed by atoms with Gasteiger partial charge in [0.15, 0.2) is 0 Å². The zero-order chi connectivity index (χ0) is 22.0. The van der Waals surface area contributed by atoms with Crippen molar-refractivity contribution in [2.24, 2.45) is 5.10 Å². The van der Waals surface area contributed by atoms with Gasteiger partial charge in [-0.2, -0.15) is 5.10 Å². The highest BCUT2D eigenvalue weighted by molar-refractivity contribution is 7.10. The molecular weight excluding hydrogens is 412 g/mol. The molecule has 0 aliphatic carbocycles. The molecule has 0 bridgehead atoms. The van der Waals surface area contributed by atoms with Crippen LogP contribution >= 0.6 is 11.3 Å². The largest absolute Gasteiger partial charge is 0.460 e. The lowest BCUT2D eigenvalue weighted by molar-refractivity contribution is -0.131. The average molecular weight is 437 g/mol. The zero-order valence-electron chi connectivity index (χ0n) is 17.7. The molecule has 7 nitrogen and oxygen atoms in total. The Bertz CT molecular complexity index is 1100. The molecule has 0 saturated heterocycles. The summed E-state index contributed by atoms with van der Waals surface area (Å²) in [6.45, 7) is 1.98. The molecule has 1 atom stereocenters. The van der Waals surface area contributed by atoms with E-state index in [4.69, 9.17) is 4.42 Å². The van der Waals surface area contributed by atoms with E-state index < -0.39 is 0 Å². The smallest absolute Gasteiger partial charge is 0.262 e. The minimum absolute atomic E-state index is 0.0616. The molecule has 4 rings (SSSR count). The number of nitrogens with zero attached hydrogens (tertiary/aromatic N) is 3. The van der Waals surface area contributed by atoms with Crippen LogP contribution in [0.2, 0.25) is 0 Å². The Morgan fingerprint density at radius 1 is 1.19 bits per heavy atom. The van der Waals surface area contributed by atoms with E-state index in [-0.39, 0.29) is 24.4 Å². The Labute approximate surface area is 185 Å². The SMILES string of the molecule is Cc1ccc(C2=NN(C(=O)CNc3ccc(C(=O)N(C)C)cc3)C(c3cccs3)C2)o1. The third-order valence-corrected chi connectivity index (χ3v) is 6.02. The lowest BCUT2D eigenvalue weighted by Gasteiger charge is -2.21. The van der Waals surface area contributed by atoms with E-state index in [0.29, 0.717) is 17.7 Å². The molecule has 0 spiro atoms. The van der Waals surface area contributed by atoms with Crippen molar-refractivity contribution in [2.75, 3.05) is 26.0 Å². The van der Waals surface area contributed by atoms with Crippen LogP contribution in [0.3, 0.4) is 0 Å². The zero-order valence-corrected chi connectivity index (χ0v) is 18.5. The third kappa shape index (κ3) is 4.54. The predicted octanol–water partition coefficient (Wildman–Crippen LogP) is 4.14. The molecule has 0 radical (unpaired) electrons. The number of anilines is 1. The van der Waals surface area contributed by atoms with Gasteiger partial charge < -0.3 is 14.6 Å². The second kappa shape index (κ2) is 8.77. The maximum absolute atomic E-state index is 13.0. The standard InChI is InChI=1S/C23H24N4O3S/c1-15-6-11-20(30-15)18-13-19(21-5-4-12-31-21)27(25-18)22(28)14-24-17-9-7-16(8-10-17)23(29)26(2)3/h4-12,19,24H,13-14H2,1-3H3. The second-order valence-electron chi connectivity index (χ2n) is 7.56. The molecule has 31 heavy (non-hydrogen) atoms. The van der Waals surface area contributed by atoms with E-state index in [0.717, 1.165) is 22.0 Å². The van der Waals surface area contributed by atoms with Crippen molar-refractivity contribution in [1.82, 2.24) is 9.91 Å². The first-order chi connectivity index (χ1) is 14.9. The Morgan fingerprint density at radius 2 is 1.97 bits per heavy atom. The van der Waals surface area contributed by atoms with Crippen molar-refractivity contribution < 1.29 is 14.0 Å². The highest BCUT2D eigenvalue weighted by atomic mass is 32.1. The third-order valence-electron chi connectivity index (χ3n) is 5.04. The first-order valence-electron chi connectivity index (χ1n) is 9.97. The van der Waals surface area contributed by atoms with Crippen LogP contribution in [0.25, 0.3) is 0 Å². The minimum atomic E-state index is -0.144. The number of rotatable bonds is 6. The molecular formula is C23H24N4O3S. The Kier molecular flexibility index (Phi) is 5.90. The van der Waals surface area contributed by atoms with Gasteiger partial charge in [-0.25, -0.2) is 5.01 Å². The van der Waals surface area contributed by atoms with E-state index in [1.807, 2.05) is 36.6 Å². The maximum Gasteiger partial charge on any atom is 0.262 e. The predicted molar refractivity (Wildman–Crippen MR) is 121 cm³/mol. The molecule has 1 aliphatic rings. The number of hydrogen-bond acceptors (Lipinski definition) is 6. The molecule has 2 aromatic heterocycles. The fraction of sp³-hybridized carbons (Fsp3) is 0.261. The summed E-state index contributed by atoms with van der Waals surface area (Å²) < 4.78 is 5.73. The van der Waals surface area contributed by atoms with Gasteiger partial charge >= 0.3 is 0 Å². The molecule has 2 amide bonds. The fourth-order valence-electron chi connectivity index (χ4n) is 3.43. The van der Waals surface area contributed by atoms with Crippen LogP contribution < -0.4 is 5.32 Å². The summed E-state index contributed by atoms with van der Waals surface area (Å²) in [5, 5.41) is 11.3. The number of thiophene rings is 1. The van der Waals surface area contributed by atoms with Crippen LogP contribution in [0.1, 0.15) is 39.2 Å². The molecule has 160 valence electrons. The summed E-state index contributed by atoms with van der Waals surface area (Å²) in [5.41, 5.74) is 2.13. The maximum atomic E-state index is 13.0. The monoisotopic (exact) mass is 436 g/mol. The van der Waals surface area contributed by atoms with Crippen molar-refractivity contribution in [3.63, 3.8) is 0 Å². The number of aryl methyl sites for hydroxylation is 1. The van der Waals surface area contributed by atoms with Gasteiger partial charge in [-0.1, -0.05) is 6.07 Å². The lowest BCUT2D eigenvalue weighted by atomic mass is 10.1. The molecule has 0 fully saturated rings. The van der Waals surface area contributed by atoms with Crippen LogP contribution in [0.4, 0.5) is 5.69 Å². The Morgan fingerprint density at radius 3 is 2.58 bits per heavy atom. The molecule has 1 unspecified atom stereocenters. The van der Waals surface area contributed by atoms with Crippen molar-refractivity contribution in [1.29, 1.82) is 0 Å². The summed E-state index contributed by atoms with van der Waals surface area (Å²) >= 11 is 1.61. The molecule has 1 aromatic carbocycles. The number of carbonyl (C=O) groups is 2. The minimum Gasteiger partial charge on any atom is -0.460 e. The van der Waals surface area contributed by atoms with Gasteiger partial charge in [0.25, 0.3) is 11.8 Å². The number of amides is 2. The average Bonchev–Trinajstić information content (AvgIpc) is 3.51. The van der Waals surface area contributed by atoms with E-state index in [1.165, 1.54) is 4.90 Å². The van der Waals surface area contributed by atoms with Crippen LogP contribution in [0, 0.1) is 6.92 Å². The highest BCUT2D eigenvalue weighted by Gasteiger charge is 2.34. The first-order valence-corrected chi connectivity index (χ1v) is 10.9. The van der Waals surface area contributed by atoms with Gasteiger partial charge in [0, 0.05) is 36.6 Å². The molecule has 8 heteroatoms.